The van der Waals surface area contributed by atoms with Crippen LogP contribution in [-0.2, 0) is 4.79 Å². The Hall–Kier alpha value is -3.03. The van der Waals surface area contributed by atoms with Gasteiger partial charge in [0.2, 0.25) is 5.91 Å². The second kappa shape index (κ2) is 6.84. The molecule has 1 saturated heterocycles. The standard InChI is InChI=1S/C17H17FN4O3/c1-10-5-13(25-14-8-22(9-14)11(2)23)6-15(20-10)17(24)21-16-4-3-12(18)7-19-16/h3-7,14H,8-9H2,1-2H3,(H,19,21,24). The van der Waals surface area contributed by atoms with E-state index in [1.807, 2.05) is 0 Å². The number of hydrogen-bond acceptors (Lipinski definition) is 5. The summed E-state index contributed by atoms with van der Waals surface area (Å²) in [7, 11) is 0. The highest BCUT2D eigenvalue weighted by molar-refractivity contribution is 6.02. The Balaban J connectivity index is 1.67. The summed E-state index contributed by atoms with van der Waals surface area (Å²) in [6.45, 7) is 4.32. The zero-order chi connectivity index (χ0) is 18.0. The third-order valence-electron chi connectivity index (χ3n) is 3.72. The van der Waals surface area contributed by atoms with E-state index in [1.165, 1.54) is 25.1 Å². The van der Waals surface area contributed by atoms with E-state index >= 15 is 0 Å². The minimum absolute atomic E-state index is 0.0117. The molecule has 130 valence electrons. The minimum Gasteiger partial charge on any atom is -0.487 e. The van der Waals surface area contributed by atoms with E-state index in [9.17, 15) is 14.0 Å². The number of nitrogens with one attached hydrogen (secondary N) is 1. The van der Waals surface area contributed by atoms with E-state index in [1.54, 1.807) is 17.9 Å². The lowest BCUT2D eigenvalue weighted by atomic mass is 10.1. The fourth-order valence-corrected chi connectivity index (χ4v) is 2.41. The van der Waals surface area contributed by atoms with E-state index < -0.39 is 11.7 Å². The summed E-state index contributed by atoms with van der Waals surface area (Å²) in [5, 5.41) is 2.56. The number of halogens is 1. The first-order chi connectivity index (χ1) is 11.9. The summed E-state index contributed by atoms with van der Waals surface area (Å²) >= 11 is 0. The van der Waals surface area contributed by atoms with Gasteiger partial charge in [0.15, 0.2) is 0 Å². The normalized spacial score (nSPS) is 14.0. The van der Waals surface area contributed by atoms with E-state index in [4.69, 9.17) is 4.74 Å². The van der Waals surface area contributed by atoms with Crippen LogP contribution in [0.3, 0.4) is 0 Å². The van der Waals surface area contributed by atoms with E-state index in [0.717, 1.165) is 6.20 Å². The monoisotopic (exact) mass is 344 g/mol. The van der Waals surface area contributed by atoms with Crippen molar-refractivity contribution in [3.8, 4) is 5.75 Å². The molecular formula is C17H17FN4O3. The Bertz CT molecular complexity index is 804. The summed E-state index contributed by atoms with van der Waals surface area (Å²) in [5.74, 6) is -0.196. The van der Waals surface area contributed by atoms with Crippen LogP contribution in [-0.4, -0.2) is 45.9 Å². The van der Waals surface area contributed by atoms with E-state index in [0.29, 0.717) is 24.5 Å². The van der Waals surface area contributed by atoms with Gasteiger partial charge in [-0.25, -0.2) is 14.4 Å². The number of ether oxygens (including phenoxy) is 1. The van der Waals surface area contributed by atoms with Crippen LogP contribution >= 0.6 is 0 Å². The molecule has 3 rings (SSSR count). The molecular weight excluding hydrogens is 327 g/mol. The number of aromatic nitrogens is 2. The molecule has 3 heterocycles. The van der Waals surface area contributed by atoms with Gasteiger partial charge in [-0.2, -0.15) is 0 Å². The van der Waals surface area contributed by atoms with Gasteiger partial charge in [0.25, 0.3) is 5.91 Å². The minimum atomic E-state index is -0.484. The molecule has 0 bridgehead atoms. The zero-order valence-electron chi connectivity index (χ0n) is 13.8. The Labute approximate surface area is 143 Å². The molecule has 0 radical (unpaired) electrons. The average molecular weight is 344 g/mol. The lowest BCUT2D eigenvalue weighted by Gasteiger charge is -2.38. The summed E-state index contributed by atoms with van der Waals surface area (Å²) in [6.07, 6.45) is 0.922. The molecule has 0 unspecified atom stereocenters. The van der Waals surface area contributed by atoms with E-state index in [2.05, 4.69) is 15.3 Å². The molecule has 25 heavy (non-hydrogen) atoms. The molecule has 0 aliphatic carbocycles. The first kappa shape index (κ1) is 16.8. The predicted molar refractivity (Wildman–Crippen MR) is 87.8 cm³/mol. The van der Waals surface area contributed by atoms with Crippen LogP contribution in [0.5, 0.6) is 5.75 Å². The number of amides is 2. The molecule has 1 fully saturated rings. The predicted octanol–water partition coefficient (Wildman–Crippen LogP) is 1.79. The average Bonchev–Trinajstić information content (AvgIpc) is 2.51. The fourth-order valence-electron chi connectivity index (χ4n) is 2.41. The second-order valence-corrected chi connectivity index (χ2v) is 5.81. The number of likely N-dealkylation sites (tertiary alicyclic amines) is 1. The van der Waals surface area contributed by atoms with Gasteiger partial charge in [0.05, 0.1) is 19.3 Å². The topological polar surface area (TPSA) is 84.4 Å². The molecule has 2 amide bonds. The number of carbonyl (C=O) groups excluding carboxylic acids is 2. The summed E-state index contributed by atoms with van der Waals surface area (Å²) in [5.41, 5.74) is 0.793. The Morgan fingerprint density at radius 2 is 2.08 bits per heavy atom. The molecule has 2 aromatic heterocycles. The van der Waals surface area contributed by atoms with E-state index in [-0.39, 0.29) is 23.5 Å². The van der Waals surface area contributed by atoms with Gasteiger partial charge in [-0.15, -0.1) is 0 Å². The van der Waals surface area contributed by atoms with Gasteiger partial charge >= 0.3 is 0 Å². The Kier molecular flexibility index (Phi) is 4.60. The number of rotatable bonds is 4. The maximum absolute atomic E-state index is 12.9. The van der Waals surface area contributed by atoms with Crippen LogP contribution in [0.4, 0.5) is 10.2 Å². The van der Waals surface area contributed by atoms with Crippen molar-refractivity contribution in [2.24, 2.45) is 0 Å². The summed E-state index contributed by atoms with van der Waals surface area (Å²) < 4.78 is 18.7. The molecule has 8 heteroatoms. The molecule has 2 aromatic rings. The summed E-state index contributed by atoms with van der Waals surface area (Å²) in [6, 6.07) is 5.83. The van der Waals surface area contributed by atoms with Gasteiger partial charge < -0.3 is 15.0 Å². The quantitative estimate of drug-likeness (QED) is 0.914. The zero-order valence-corrected chi connectivity index (χ0v) is 13.8. The lowest BCUT2D eigenvalue weighted by Crippen LogP contribution is -2.55. The van der Waals surface area contributed by atoms with Gasteiger partial charge in [-0.1, -0.05) is 0 Å². The molecule has 1 N–H and O–H groups in total. The van der Waals surface area contributed by atoms with Crippen molar-refractivity contribution in [2.45, 2.75) is 20.0 Å². The van der Waals surface area contributed by atoms with Crippen LogP contribution in [0.1, 0.15) is 23.1 Å². The van der Waals surface area contributed by atoms with Crippen LogP contribution in [0, 0.1) is 12.7 Å². The number of pyridine rings is 2. The fraction of sp³-hybridized carbons (Fsp3) is 0.294. The van der Waals surface area contributed by atoms with Crippen molar-refractivity contribution in [1.29, 1.82) is 0 Å². The number of anilines is 1. The van der Waals surface area contributed by atoms with Crippen LogP contribution in [0.2, 0.25) is 0 Å². The highest BCUT2D eigenvalue weighted by Gasteiger charge is 2.30. The van der Waals surface area contributed by atoms with Crippen molar-refractivity contribution in [3.05, 3.63) is 47.7 Å². The third-order valence-corrected chi connectivity index (χ3v) is 3.72. The van der Waals surface area contributed by atoms with Crippen molar-refractivity contribution in [2.75, 3.05) is 18.4 Å². The Morgan fingerprint density at radius 1 is 1.32 bits per heavy atom. The smallest absolute Gasteiger partial charge is 0.275 e. The van der Waals surface area contributed by atoms with Gasteiger partial charge in [0, 0.05) is 24.8 Å². The van der Waals surface area contributed by atoms with Crippen molar-refractivity contribution >= 4 is 17.6 Å². The molecule has 7 nitrogen and oxygen atoms in total. The van der Waals surface area contributed by atoms with Crippen molar-refractivity contribution < 1.29 is 18.7 Å². The maximum atomic E-state index is 12.9. The van der Waals surface area contributed by atoms with Crippen molar-refractivity contribution in [1.82, 2.24) is 14.9 Å². The molecule has 1 aliphatic heterocycles. The number of nitrogens with zero attached hydrogens (tertiary/aromatic N) is 3. The van der Waals surface area contributed by atoms with Crippen molar-refractivity contribution in [3.63, 3.8) is 0 Å². The maximum Gasteiger partial charge on any atom is 0.275 e. The second-order valence-electron chi connectivity index (χ2n) is 5.81. The highest BCUT2D eigenvalue weighted by atomic mass is 19.1. The molecule has 0 aromatic carbocycles. The SMILES string of the molecule is CC(=O)N1CC(Oc2cc(C)nc(C(=O)Nc3ccc(F)cn3)c2)C1. The number of aryl methyl sites for hydroxylation is 1. The summed E-state index contributed by atoms with van der Waals surface area (Å²) in [4.78, 5) is 33.1. The highest BCUT2D eigenvalue weighted by Crippen LogP contribution is 2.20. The lowest BCUT2D eigenvalue weighted by molar-refractivity contribution is -0.137. The van der Waals surface area contributed by atoms with Gasteiger partial charge in [-0.3, -0.25) is 9.59 Å². The van der Waals surface area contributed by atoms with Crippen LogP contribution in [0.15, 0.2) is 30.5 Å². The largest absolute Gasteiger partial charge is 0.487 e. The van der Waals surface area contributed by atoms with Crippen LogP contribution in [0.25, 0.3) is 0 Å². The number of carbonyl (C=O) groups is 2. The third kappa shape index (κ3) is 4.09. The van der Waals surface area contributed by atoms with Gasteiger partial charge in [-0.05, 0) is 19.1 Å². The Morgan fingerprint density at radius 3 is 2.72 bits per heavy atom. The molecule has 1 aliphatic rings. The first-order valence-corrected chi connectivity index (χ1v) is 7.74. The molecule has 0 saturated carbocycles. The molecule has 0 atom stereocenters. The number of hydrogen-bond donors (Lipinski definition) is 1. The first-order valence-electron chi connectivity index (χ1n) is 7.74. The molecule has 0 spiro atoms. The van der Waals surface area contributed by atoms with Crippen LogP contribution < -0.4 is 10.1 Å². The van der Waals surface area contributed by atoms with Gasteiger partial charge in [0.1, 0.15) is 29.2 Å².